The Morgan fingerprint density at radius 3 is 2.74 bits per heavy atom. The molecule has 0 saturated carbocycles. The number of aromatic nitrogens is 2. The van der Waals surface area contributed by atoms with Crippen LogP contribution < -0.4 is 4.90 Å². The van der Waals surface area contributed by atoms with Gasteiger partial charge >= 0.3 is 0 Å². The maximum Gasteiger partial charge on any atom is 0.263 e. The molecule has 1 unspecified atom stereocenters. The molecule has 1 aliphatic heterocycles. The van der Waals surface area contributed by atoms with Crippen molar-refractivity contribution in [2.45, 2.75) is 26.2 Å². The zero-order valence-electron chi connectivity index (χ0n) is 16.2. The molecule has 0 N–H and O–H groups in total. The summed E-state index contributed by atoms with van der Waals surface area (Å²) in [6.45, 7) is 5.76. The second kappa shape index (κ2) is 6.93. The van der Waals surface area contributed by atoms with E-state index < -0.39 is 0 Å². The van der Waals surface area contributed by atoms with Crippen LogP contribution in [0, 0.1) is 13.8 Å². The van der Waals surface area contributed by atoms with Crippen LogP contribution in [0.5, 0.6) is 0 Å². The standard InChI is InChI=1S/C21H24N4OS/c1-13-11-18(23-14(2)22-13)25-10-9-15(12-25)19-16-7-5-6-8-17(16)27-20(19)21(26)24(3)4/h5-8,11,15H,9-10,12H2,1-4H3. The van der Waals surface area contributed by atoms with Crippen LogP contribution in [-0.4, -0.2) is 48.0 Å². The molecule has 27 heavy (non-hydrogen) atoms. The summed E-state index contributed by atoms with van der Waals surface area (Å²) in [5.41, 5.74) is 2.20. The fraction of sp³-hybridized carbons (Fsp3) is 0.381. The van der Waals surface area contributed by atoms with Crippen molar-refractivity contribution >= 4 is 33.1 Å². The maximum absolute atomic E-state index is 12.8. The van der Waals surface area contributed by atoms with Gasteiger partial charge in [0.15, 0.2) is 0 Å². The van der Waals surface area contributed by atoms with E-state index in [1.807, 2.05) is 40.1 Å². The topological polar surface area (TPSA) is 49.3 Å². The molecule has 0 bridgehead atoms. The van der Waals surface area contributed by atoms with Crippen LogP contribution in [0.4, 0.5) is 5.82 Å². The van der Waals surface area contributed by atoms with Gasteiger partial charge in [-0.1, -0.05) is 18.2 Å². The highest BCUT2D eigenvalue weighted by Crippen LogP contribution is 2.41. The Labute approximate surface area is 163 Å². The fourth-order valence-corrected chi connectivity index (χ4v) is 5.21. The van der Waals surface area contributed by atoms with Crippen LogP contribution in [0.15, 0.2) is 30.3 Å². The first-order valence-electron chi connectivity index (χ1n) is 9.24. The molecular formula is C21H24N4OS. The van der Waals surface area contributed by atoms with E-state index in [9.17, 15) is 4.79 Å². The molecule has 3 heterocycles. The van der Waals surface area contributed by atoms with Crippen LogP contribution in [0.2, 0.25) is 0 Å². The molecular weight excluding hydrogens is 356 g/mol. The Hall–Kier alpha value is -2.47. The van der Waals surface area contributed by atoms with E-state index in [0.717, 1.165) is 41.7 Å². The van der Waals surface area contributed by atoms with Crippen molar-refractivity contribution in [3.8, 4) is 0 Å². The highest BCUT2D eigenvalue weighted by Gasteiger charge is 2.31. The van der Waals surface area contributed by atoms with Crippen molar-refractivity contribution in [3.05, 3.63) is 52.3 Å². The van der Waals surface area contributed by atoms with Gasteiger partial charge in [-0.05, 0) is 37.3 Å². The SMILES string of the molecule is Cc1cc(N2CCC(c3c(C(=O)N(C)C)sc4ccccc34)C2)nc(C)n1. The van der Waals surface area contributed by atoms with Crippen LogP contribution in [-0.2, 0) is 0 Å². The molecule has 1 aromatic carbocycles. The van der Waals surface area contributed by atoms with Gasteiger partial charge in [0, 0.05) is 49.6 Å². The Morgan fingerprint density at radius 2 is 2.00 bits per heavy atom. The molecule has 0 spiro atoms. The minimum atomic E-state index is 0.0957. The molecule has 1 atom stereocenters. The van der Waals surface area contributed by atoms with Gasteiger partial charge in [0.1, 0.15) is 11.6 Å². The molecule has 4 rings (SSSR count). The van der Waals surface area contributed by atoms with Gasteiger partial charge < -0.3 is 9.80 Å². The molecule has 3 aromatic rings. The predicted molar refractivity (Wildman–Crippen MR) is 111 cm³/mol. The van der Waals surface area contributed by atoms with Gasteiger partial charge in [-0.2, -0.15) is 0 Å². The lowest BCUT2D eigenvalue weighted by molar-refractivity contribution is 0.0831. The highest BCUT2D eigenvalue weighted by molar-refractivity contribution is 7.21. The lowest BCUT2D eigenvalue weighted by Gasteiger charge is -2.19. The fourth-order valence-electron chi connectivity index (χ4n) is 3.90. The molecule has 1 saturated heterocycles. The second-order valence-electron chi connectivity index (χ2n) is 7.39. The van der Waals surface area contributed by atoms with E-state index >= 15 is 0 Å². The van der Waals surface area contributed by atoms with Crippen molar-refractivity contribution in [3.63, 3.8) is 0 Å². The largest absolute Gasteiger partial charge is 0.356 e. The quantitative estimate of drug-likeness (QED) is 0.689. The molecule has 1 aliphatic rings. The third kappa shape index (κ3) is 3.30. The van der Waals surface area contributed by atoms with E-state index in [-0.39, 0.29) is 5.91 Å². The molecule has 2 aromatic heterocycles. The number of thiophene rings is 1. The van der Waals surface area contributed by atoms with E-state index in [1.54, 1.807) is 16.2 Å². The van der Waals surface area contributed by atoms with Crippen molar-refractivity contribution in [1.82, 2.24) is 14.9 Å². The number of carbonyl (C=O) groups excluding carboxylic acids is 1. The minimum Gasteiger partial charge on any atom is -0.356 e. The normalized spacial score (nSPS) is 16.9. The van der Waals surface area contributed by atoms with Crippen molar-refractivity contribution in [2.75, 3.05) is 32.1 Å². The summed E-state index contributed by atoms with van der Waals surface area (Å²) < 4.78 is 1.19. The molecule has 140 valence electrons. The van der Waals surface area contributed by atoms with Crippen LogP contribution in [0.25, 0.3) is 10.1 Å². The third-order valence-electron chi connectivity index (χ3n) is 5.11. The number of carbonyl (C=O) groups is 1. The summed E-state index contributed by atoms with van der Waals surface area (Å²) in [5, 5.41) is 1.22. The first kappa shape index (κ1) is 17.9. The molecule has 6 heteroatoms. The smallest absolute Gasteiger partial charge is 0.263 e. The lowest BCUT2D eigenvalue weighted by atomic mass is 9.95. The monoisotopic (exact) mass is 380 g/mol. The molecule has 5 nitrogen and oxygen atoms in total. The minimum absolute atomic E-state index is 0.0957. The molecule has 1 amide bonds. The predicted octanol–water partition coefficient (Wildman–Crippen LogP) is 4.00. The van der Waals surface area contributed by atoms with Gasteiger partial charge in [-0.15, -0.1) is 11.3 Å². The average molecular weight is 381 g/mol. The van der Waals surface area contributed by atoms with Gasteiger partial charge in [0.2, 0.25) is 0 Å². The first-order chi connectivity index (χ1) is 12.9. The Bertz CT molecular complexity index is 990. The highest BCUT2D eigenvalue weighted by atomic mass is 32.1. The number of nitrogens with zero attached hydrogens (tertiary/aromatic N) is 4. The lowest BCUT2D eigenvalue weighted by Crippen LogP contribution is -2.23. The number of amides is 1. The summed E-state index contributed by atoms with van der Waals surface area (Å²) in [6.07, 6.45) is 1.02. The number of benzene rings is 1. The number of anilines is 1. The first-order valence-corrected chi connectivity index (χ1v) is 10.1. The Kier molecular flexibility index (Phi) is 4.60. The van der Waals surface area contributed by atoms with E-state index in [2.05, 4.69) is 33.1 Å². The zero-order valence-corrected chi connectivity index (χ0v) is 17.0. The molecule has 0 radical (unpaired) electrons. The summed E-state index contributed by atoms with van der Waals surface area (Å²) >= 11 is 1.61. The summed E-state index contributed by atoms with van der Waals surface area (Å²) in [6, 6.07) is 10.4. The summed E-state index contributed by atoms with van der Waals surface area (Å²) in [7, 11) is 3.65. The number of hydrogen-bond donors (Lipinski definition) is 0. The Morgan fingerprint density at radius 1 is 1.22 bits per heavy atom. The van der Waals surface area contributed by atoms with E-state index in [4.69, 9.17) is 0 Å². The maximum atomic E-state index is 12.8. The number of fused-ring (bicyclic) bond motifs is 1. The van der Waals surface area contributed by atoms with Gasteiger partial charge in [-0.3, -0.25) is 4.79 Å². The number of aryl methyl sites for hydroxylation is 2. The average Bonchev–Trinajstić information content (AvgIpc) is 3.24. The zero-order chi connectivity index (χ0) is 19.1. The van der Waals surface area contributed by atoms with Crippen molar-refractivity contribution in [2.24, 2.45) is 0 Å². The Balaban J connectivity index is 1.72. The van der Waals surface area contributed by atoms with Crippen molar-refractivity contribution in [1.29, 1.82) is 0 Å². The van der Waals surface area contributed by atoms with Crippen LogP contribution in [0.1, 0.15) is 39.1 Å². The van der Waals surface area contributed by atoms with Gasteiger partial charge in [-0.25, -0.2) is 9.97 Å². The van der Waals surface area contributed by atoms with Crippen molar-refractivity contribution < 1.29 is 4.79 Å². The summed E-state index contributed by atoms with van der Waals surface area (Å²) in [5.74, 6) is 2.22. The summed E-state index contributed by atoms with van der Waals surface area (Å²) in [4.78, 5) is 26.7. The van der Waals surface area contributed by atoms with Gasteiger partial charge in [0.25, 0.3) is 5.91 Å². The second-order valence-corrected chi connectivity index (χ2v) is 8.44. The van der Waals surface area contributed by atoms with E-state index in [0.29, 0.717) is 5.92 Å². The van der Waals surface area contributed by atoms with Crippen LogP contribution in [0.3, 0.4) is 0 Å². The molecule has 1 fully saturated rings. The third-order valence-corrected chi connectivity index (χ3v) is 6.28. The van der Waals surface area contributed by atoms with Gasteiger partial charge in [0.05, 0.1) is 4.88 Å². The van der Waals surface area contributed by atoms with Crippen LogP contribution >= 0.6 is 11.3 Å². The number of rotatable bonds is 3. The molecule has 0 aliphatic carbocycles. The van der Waals surface area contributed by atoms with E-state index in [1.165, 1.54) is 15.6 Å². The number of hydrogen-bond acceptors (Lipinski definition) is 5.